The summed E-state index contributed by atoms with van der Waals surface area (Å²) >= 11 is 17.1. The molecule has 3 rings (SSSR count). The number of nitrogens with one attached hydrogen (secondary N) is 1. The van der Waals surface area contributed by atoms with Gasteiger partial charge in [-0.1, -0.05) is 36.0 Å². The SMILES string of the molecule is CN(C(=S)c1c(CO)c2cc(Cl)ccc2[nH]c1=S)c1ccc(F)cc1. The zero-order valence-electron chi connectivity index (χ0n) is 13.2. The molecular weight excluding hydrogens is 379 g/mol. The van der Waals surface area contributed by atoms with E-state index in [4.69, 9.17) is 36.0 Å². The highest BCUT2D eigenvalue weighted by molar-refractivity contribution is 7.81. The molecule has 1 aromatic heterocycles. The molecule has 3 aromatic rings. The Morgan fingerprint density at radius 3 is 2.56 bits per heavy atom. The number of thiocarbonyl (C=S) groups is 1. The van der Waals surface area contributed by atoms with Crippen LogP contribution < -0.4 is 4.90 Å². The zero-order valence-corrected chi connectivity index (χ0v) is 15.6. The molecule has 1 heterocycles. The molecule has 0 radical (unpaired) electrons. The van der Waals surface area contributed by atoms with E-state index in [0.29, 0.717) is 25.8 Å². The molecule has 2 N–H and O–H groups in total. The molecule has 0 unspecified atom stereocenters. The number of aromatic nitrogens is 1. The van der Waals surface area contributed by atoms with Gasteiger partial charge in [-0.2, -0.15) is 0 Å². The first-order chi connectivity index (χ1) is 11.9. The molecule has 0 saturated heterocycles. The minimum Gasteiger partial charge on any atom is -0.392 e. The smallest absolute Gasteiger partial charge is 0.123 e. The van der Waals surface area contributed by atoms with Crippen LogP contribution in [0.2, 0.25) is 5.02 Å². The summed E-state index contributed by atoms with van der Waals surface area (Å²) in [5.74, 6) is -0.322. The van der Waals surface area contributed by atoms with Gasteiger partial charge in [-0.3, -0.25) is 0 Å². The van der Waals surface area contributed by atoms with Crippen LogP contribution >= 0.6 is 36.0 Å². The summed E-state index contributed by atoms with van der Waals surface area (Å²) in [4.78, 5) is 5.28. The Balaban J connectivity index is 2.16. The number of nitrogens with zero attached hydrogens (tertiary/aromatic N) is 1. The molecule has 0 amide bonds. The third kappa shape index (κ3) is 3.43. The summed E-state index contributed by atoms with van der Waals surface area (Å²) in [6.07, 6.45) is 0. The zero-order chi connectivity index (χ0) is 18.1. The molecular formula is C18H14ClFN2OS2. The molecule has 25 heavy (non-hydrogen) atoms. The van der Waals surface area contributed by atoms with Gasteiger partial charge in [-0.25, -0.2) is 4.39 Å². The van der Waals surface area contributed by atoms with Crippen molar-refractivity contribution in [1.82, 2.24) is 4.98 Å². The molecule has 2 aromatic carbocycles. The van der Waals surface area contributed by atoms with Crippen molar-refractivity contribution in [3.8, 4) is 0 Å². The van der Waals surface area contributed by atoms with Gasteiger partial charge in [0.25, 0.3) is 0 Å². The number of hydrogen-bond donors (Lipinski definition) is 2. The lowest BCUT2D eigenvalue weighted by Gasteiger charge is -2.22. The number of hydrogen-bond acceptors (Lipinski definition) is 3. The van der Waals surface area contributed by atoms with E-state index in [0.717, 1.165) is 16.6 Å². The van der Waals surface area contributed by atoms with Crippen molar-refractivity contribution in [2.75, 3.05) is 11.9 Å². The number of anilines is 1. The average Bonchev–Trinajstić information content (AvgIpc) is 2.60. The van der Waals surface area contributed by atoms with E-state index in [1.54, 1.807) is 36.2 Å². The fourth-order valence-corrected chi connectivity index (χ4v) is 3.57. The van der Waals surface area contributed by atoms with Crippen molar-refractivity contribution in [3.63, 3.8) is 0 Å². The number of aromatic amines is 1. The first-order valence-electron chi connectivity index (χ1n) is 7.41. The van der Waals surface area contributed by atoms with Gasteiger partial charge in [0.05, 0.1) is 12.2 Å². The highest BCUT2D eigenvalue weighted by atomic mass is 35.5. The van der Waals surface area contributed by atoms with Crippen LogP contribution in [0.25, 0.3) is 10.9 Å². The predicted molar refractivity (Wildman–Crippen MR) is 107 cm³/mol. The molecule has 0 bridgehead atoms. The Labute approximate surface area is 159 Å². The van der Waals surface area contributed by atoms with E-state index >= 15 is 0 Å². The maximum atomic E-state index is 13.2. The lowest BCUT2D eigenvalue weighted by Crippen LogP contribution is -2.27. The van der Waals surface area contributed by atoms with Crippen LogP contribution in [0.3, 0.4) is 0 Å². The summed E-state index contributed by atoms with van der Waals surface area (Å²) in [7, 11) is 1.77. The minimum atomic E-state index is -0.322. The number of H-pyrrole nitrogens is 1. The lowest BCUT2D eigenvalue weighted by atomic mass is 10.0. The van der Waals surface area contributed by atoms with Gasteiger partial charge >= 0.3 is 0 Å². The number of rotatable bonds is 3. The minimum absolute atomic E-state index is 0.234. The number of aliphatic hydroxyl groups is 1. The Morgan fingerprint density at radius 2 is 1.92 bits per heavy atom. The van der Waals surface area contributed by atoms with Crippen LogP contribution in [0.4, 0.5) is 10.1 Å². The van der Waals surface area contributed by atoms with Crippen molar-refractivity contribution < 1.29 is 9.50 Å². The number of fused-ring (bicyclic) bond motifs is 1. The van der Waals surface area contributed by atoms with Crippen molar-refractivity contribution in [2.45, 2.75) is 6.61 Å². The summed E-state index contributed by atoms with van der Waals surface area (Å²) < 4.78 is 13.6. The van der Waals surface area contributed by atoms with Crippen LogP contribution in [0.15, 0.2) is 42.5 Å². The summed E-state index contributed by atoms with van der Waals surface area (Å²) in [5, 5.41) is 11.2. The van der Waals surface area contributed by atoms with Crippen LogP contribution in [0, 0.1) is 10.5 Å². The third-order valence-corrected chi connectivity index (χ3v) is 4.99. The predicted octanol–water partition coefficient (Wildman–Crippen LogP) is 4.99. The van der Waals surface area contributed by atoms with Gasteiger partial charge < -0.3 is 15.0 Å². The van der Waals surface area contributed by atoms with Gasteiger partial charge in [-0.15, -0.1) is 0 Å². The normalized spacial score (nSPS) is 10.9. The van der Waals surface area contributed by atoms with E-state index in [2.05, 4.69) is 4.98 Å². The van der Waals surface area contributed by atoms with Gasteiger partial charge in [0.1, 0.15) is 15.4 Å². The Hall–Kier alpha value is -1.86. The number of aliphatic hydroxyl groups excluding tert-OH is 1. The monoisotopic (exact) mass is 392 g/mol. The van der Waals surface area contributed by atoms with Crippen molar-refractivity contribution in [2.24, 2.45) is 0 Å². The van der Waals surface area contributed by atoms with Gasteiger partial charge in [0.15, 0.2) is 0 Å². The highest BCUT2D eigenvalue weighted by Crippen LogP contribution is 2.27. The first kappa shape index (κ1) is 17.9. The molecule has 0 aliphatic heterocycles. The molecule has 0 aliphatic rings. The topological polar surface area (TPSA) is 39.3 Å². The molecule has 0 aliphatic carbocycles. The fourth-order valence-electron chi connectivity index (χ4n) is 2.67. The van der Waals surface area contributed by atoms with Crippen LogP contribution in [-0.4, -0.2) is 22.1 Å². The number of pyridine rings is 1. The second-order valence-electron chi connectivity index (χ2n) is 5.50. The van der Waals surface area contributed by atoms with E-state index in [9.17, 15) is 9.50 Å². The number of benzene rings is 2. The summed E-state index contributed by atoms with van der Waals surface area (Å²) in [6.45, 7) is -0.234. The second kappa shape index (κ2) is 7.17. The number of halogens is 2. The molecule has 3 nitrogen and oxygen atoms in total. The standard InChI is InChI=1S/C18H14ClFN2OS2/c1-22(12-5-3-11(20)4-6-12)18(25)16-14(9-23)13-8-10(19)2-7-15(13)21-17(16)24/h2-8,23H,9H2,1H3,(H,21,24). The highest BCUT2D eigenvalue weighted by Gasteiger charge is 2.18. The van der Waals surface area contributed by atoms with E-state index in [1.165, 1.54) is 12.1 Å². The quantitative estimate of drug-likeness (QED) is 0.616. The summed E-state index contributed by atoms with van der Waals surface area (Å²) in [5.41, 5.74) is 2.67. The van der Waals surface area contributed by atoms with Gasteiger partial charge in [0.2, 0.25) is 0 Å². The average molecular weight is 393 g/mol. The third-order valence-electron chi connectivity index (χ3n) is 3.97. The maximum absolute atomic E-state index is 13.2. The summed E-state index contributed by atoms with van der Waals surface area (Å²) in [6, 6.07) is 11.3. The molecule has 128 valence electrons. The molecule has 7 heteroatoms. The van der Waals surface area contributed by atoms with Gasteiger partial charge in [0, 0.05) is 28.7 Å². The van der Waals surface area contributed by atoms with E-state index in [1.807, 2.05) is 6.07 Å². The molecule has 0 fully saturated rings. The van der Waals surface area contributed by atoms with Crippen LogP contribution in [0.1, 0.15) is 11.1 Å². The van der Waals surface area contributed by atoms with Crippen molar-refractivity contribution in [1.29, 1.82) is 0 Å². The maximum Gasteiger partial charge on any atom is 0.123 e. The largest absolute Gasteiger partial charge is 0.392 e. The first-order valence-corrected chi connectivity index (χ1v) is 8.60. The lowest BCUT2D eigenvalue weighted by molar-refractivity contribution is 0.283. The molecule has 0 spiro atoms. The fraction of sp³-hybridized carbons (Fsp3) is 0.111. The van der Waals surface area contributed by atoms with E-state index in [-0.39, 0.29) is 12.4 Å². The van der Waals surface area contributed by atoms with Crippen LogP contribution in [-0.2, 0) is 6.61 Å². The van der Waals surface area contributed by atoms with Crippen molar-refractivity contribution in [3.05, 3.63) is 69.1 Å². The second-order valence-corrected chi connectivity index (χ2v) is 6.73. The molecule has 0 atom stereocenters. The Morgan fingerprint density at radius 1 is 1.24 bits per heavy atom. The molecule has 0 saturated carbocycles. The Kier molecular flexibility index (Phi) is 5.15. The van der Waals surface area contributed by atoms with Crippen molar-refractivity contribution >= 4 is 57.6 Å². The van der Waals surface area contributed by atoms with E-state index < -0.39 is 0 Å². The Bertz CT molecular complexity index is 1020. The van der Waals surface area contributed by atoms with Crippen LogP contribution in [0.5, 0.6) is 0 Å². The van der Waals surface area contributed by atoms with Gasteiger partial charge in [-0.05, 0) is 48.0 Å².